The van der Waals surface area contributed by atoms with E-state index in [0.29, 0.717) is 17.5 Å². The molecule has 5 heteroatoms. The first-order valence-corrected chi connectivity index (χ1v) is 10.1. The smallest absolute Gasteiger partial charge is 0.252 e. The van der Waals surface area contributed by atoms with Crippen molar-refractivity contribution in [2.45, 2.75) is 29.2 Å². The second-order valence-corrected chi connectivity index (χ2v) is 7.72. The lowest BCUT2D eigenvalue weighted by Crippen LogP contribution is -2.34. The molecule has 1 atom stereocenters. The van der Waals surface area contributed by atoms with Crippen LogP contribution in [0.25, 0.3) is 0 Å². The third-order valence-electron chi connectivity index (χ3n) is 4.41. The molecule has 0 saturated carbocycles. The molecular formula is C24H22N2O2S. The fourth-order valence-corrected chi connectivity index (χ4v) is 4.04. The quantitative estimate of drug-likeness (QED) is 0.599. The summed E-state index contributed by atoms with van der Waals surface area (Å²) >= 11 is 1.43. The lowest BCUT2D eigenvalue weighted by atomic mass is 10.1. The normalized spacial score (nSPS) is 11.3. The molecule has 0 aliphatic heterocycles. The van der Waals surface area contributed by atoms with Gasteiger partial charge >= 0.3 is 0 Å². The maximum absolute atomic E-state index is 12.9. The van der Waals surface area contributed by atoms with E-state index in [9.17, 15) is 10.1 Å². The number of nitrogens with zero attached hydrogens (tertiary/aromatic N) is 1. The van der Waals surface area contributed by atoms with Crippen LogP contribution in [0.4, 0.5) is 0 Å². The van der Waals surface area contributed by atoms with Crippen molar-refractivity contribution in [2.75, 3.05) is 7.11 Å². The predicted molar refractivity (Wildman–Crippen MR) is 115 cm³/mol. The number of nitriles is 1. The van der Waals surface area contributed by atoms with E-state index in [-0.39, 0.29) is 11.9 Å². The van der Waals surface area contributed by atoms with Gasteiger partial charge in [-0.1, -0.05) is 48.2 Å². The molecule has 0 aliphatic rings. The first kappa shape index (κ1) is 20.5. The van der Waals surface area contributed by atoms with Crippen LogP contribution in [0.3, 0.4) is 0 Å². The highest BCUT2D eigenvalue weighted by molar-refractivity contribution is 7.99. The Kier molecular flexibility index (Phi) is 6.94. The van der Waals surface area contributed by atoms with E-state index < -0.39 is 0 Å². The molecule has 0 aromatic heterocycles. The number of carbonyl (C=O) groups excluding carboxylic acids is 1. The van der Waals surface area contributed by atoms with E-state index >= 15 is 0 Å². The van der Waals surface area contributed by atoms with Crippen molar-refractivity contribution in [1.29, 1.82) is 5.26 Å². The van der Waals surface area contributed by atoms with Gasteiger partial charge in [0.05, 0.1) is 18.2 Å². The van der Waals surface area contributed by atoms with Crippen molar-refractivity contribution < 1.29 is 9.53 Å². The molecule has 0 bridgehead atoms. The van der Waals surface area contributed by atoms with E-state index in [0.717, 1.165) is 21.1 Å². The highest BCUT2D eigenvalue weighted by Gasteiger charge is 2.16. The van der Waals surface area contributed by atoms with Crippen molar-refractivity contribution in [3.63, 3.8) is 0 Å². The predicted octanol–water partition coefficient (Wildman–Crippen LogP) is 5.08. The zero-order valence-corrected chi connectivity index (χ0v) is 17.2. The molecule has 146 valence electrons. The molecule has 0 heterocycles. The monoisotopic (exact) mass is 402 g/mol. The summed E-state index contributed by atoms with van der Waals surface area (Å²) in [6.07, 6.45) is 0.704. The molecule has 29 heavy (non-hydrogen) atoms. The van der Waals surface area contributed by atoms with Crippen molar-refractivity contribution in [3.8, 4) is 11.8 Å². The van der Waals surface area contributed by atoms with Crippen LogP contribution in [0.15, 0.2) is 82.6 Å². The first-order chi connectivity index (χ1) is 14.1. The minimum absolute atomic E-state index is 0.0425. The van der Waals surface area contributed by atoms with E-state index in [1.54, 1.807) is 13.2 Å². The molecule has 3 aromatic carbocycles. The number of nitrogens with one attached hydrogen (secondary N) is 1. The summed E-state index contributed by atoms with van der Waals surface area (Å²) in [4.78, 5) is 14.6. The van der Waals surface area contributed by atoms with Crippen molar-refractivity contribution in [3.05, 3.63) is 89.5 Å². The van der Waals surface area contributed by atoms with Gasteiger partial charge in [-0.15, -0.1) is 0 Å². The fraction of sp³-hybridized carbons (Fsp3) is 0.167. The minimum atomic E-state index is -0.127. The van der Waals surface area contributed by atoms with Crippen LogP contribution >= 0.6 is 11.8 Å². The Hall–Kier alpha value is -3.23. The van der Waals surface area contributed by atoms with Crippen LogP contribution < -0.4 is 10.1 Å². The average Bonchev–Trinajstić information content (AvgIpc) is 2.74. The van der Waals surface area contributed by atoms with Crippen LogP contribution in [0.1, 0.15) is 28.4 Å². The maximum atomic E-state index is 12.9. The summed E-state index contributed by atoms with van der Waals surface area (Å²) in [6, 6.07) is 24.9. The van der Waals surface area contributed by atoms with Crippen LogP contribution in [0.5, 0.6) is 5.75 Å². The van der Waals surface area contributed by atoms with E-state index in [1.807, 2.05) is 73.7 Å². The zero-order chi connectivity index (χ0) is 20.6. The third-order valence-corrected chi connectivity index (χ3v) is 5.56. The van der Waals surface area contributed by atoms with Crippen LogP contribution in [-0.2, 0) is 6.42 Å². The highest BCUT2D eigenvalue weighted by Crippen LogP contribution is 2.32. The number of hydrogen-bond acceptors (Lipinski definition) is 4. The number of hydrogen-bond donors (Lipinski definition) is 1. The number of rotatable bonds is 7. The second-order valence-electron chi connectivity index (χ2n) is 6.64. The Balaban J connectivity index is 1.73. The summed E-state index contributed by atoms with van der Waals surface area (Å²) in [5.41, 5.74) is 2.30. The van der Waals surface area contributed by atoms with Gasteiger partial charge in [0.15, 0.2) is 0 Å². The molecular weight excluding hydrogens is 380 g/mol. The largest absolute Gasteiger partial charge is 0.497 e. The Labute approximate surface area is 175 Å². The molecule has 0 aliphatic carbocycles. The Bertz CT molecular complexity index is 1040. The molecule has 0 spiro atoms. The highest BCUT2D eigenvalue weighted by atomic mass is 32.2. The number of carbonyl (C=O) groups is 1. The number of benzene rings is 3. The molecule has 3 rings (SSSR count). The van der Waals surface area contributed by atoms with Crippen molar-refractivity contribution in [1.82, 2.24) is 5.32 Å². The van der Waals surface area contributed by atoms with Gasteiger partial charge in [0.2, 0.25) is 0 Å². The van der Waals surface area contributed by atoms with Gasteiger partial charge in [-0.05, 0) is 55.3 Å². The fourth-order valence-electron chi connectivity index (χ4n) is 3.02. The van der Waals surface area contributed by atoms with Gasteiger partial charge < -0.3 is 10.1 Å². The molecule has 0 radical (unpaired) electrons. The SMILES string of the molecule is COc1cccc(CC(C)NC(=O)c2ccccc2Sc2ccccc2C#N)c1. The topological polar surface area (TPSA) is 62.1 Å². The summed E-state index contributed by atoms with van der Waals surface area (Å²) in [7, 11) is 1.64. The Morgan fingerprint density at radius 1 is 1.07 bits per heavy atom. The lowest BCUT2D eigenvalue weighted by molar-refractivity contribution is 0.0937. The average molecular weight is 403 g/mol. The van der Waals surface area contributed by atoms with E-state index in [2.05, 4.69) is 11.4 Å². The summed E-state index contributed by atoms with van der Waals surface area (Å²) in [5, 5.41) is 12.4. The van der Waals surface area contributed by atoms with Gasteiger partial charge in [-0.2, -0.15) is 5.26 Å². The number of ether oxygens (including phenoxy) is 1. The standard InChI is InChI=1S/C24H22N2O2S/c1-17(14-18-8-7-10-20(15-18)28-2)26-24(27)21-11-4-6-13-23(21)29-22-12-5-3-9-19(22)16-25/h3-13,15,17H,14H2,1-2H3,(H,26,27). The van der Waals surface area contributed by atoms with Gasteiger partial charge in [-0.25, -0.2) is 0 Å². The molecule has 4 nitrogen and oxygen atoms in total. The molecule has 1 unspecified atom stereocenters. The van der Waals surface area contributed by atoms with Gasteiger partial charge in [0, 0.05) is 15.8 Å². The number of methoxy groups -OCH3 is 1. The molecule has 1 amide bonds. The van der Waals surface area contributed by atoms with E-state index in [1.165, 1.54) is 11.8 Å². The van der Waals surface area contributed by atoms with Gasteiger partial charge in [-0.3, -0.25) is 4.79 Å². The summed E-state index contributed by atoms with van der Waals surface area (Å²) < 4.78 is 5.27. The van der Waals surface area contributed by atoms with E-state index in [4.69, 9.17) is 4.74 Å². The minimum Gasteiger partial charge on any atom is -0.497 e. The molecule has 1 N–H and O–H groups in total. The lowest BCUT2D eigenvalue weighted by Gasteiger charge is -2.16. The molecule has 3 aromatic rings. The Morgan fingerprint density at radius 3 is 2.55 bits per heavy atom. The molecule has 0 saturated heterocycles. The van der Waals surface area contributed by atoms with Crippen LogP contribution in [0.2, 0.25) is 0 Å². The first-order valence-electron chi connectivity index (χ1n) is 9.30. The summed E-state index contributed by atoms with van der Waals surface area (Å²) in [5.74, 6) is 0.678. The third kappa shape index (κ3) is 5.40. The Morgan fingerprint density at radius 2 is 1.79 bits per heavy atom. The van der Waals surface area contributed by atoms with Gasteiger partial charge in [0.1, 0.15) is 11.8 Å². The van der Waals surface area contributed by atoms with Crippen molar-refractivity contribution in [2.24, 2.45) is 0 Å². The van der Waals surface area contributed by atoms with Gasteiger partial charge in [0.25, 0.3) is 5.91 Å². The van der Waals surface area contributed by atoms with Crippen LogP contribution in [0, 0.1) is 11.3 Å². The zero-order valence-electron chi connectivity index (χ0n) is 16.4. The van der Waals surface area contributed by atoms with Crippen LogP contribution in [-0.4, -0.2) is 19.1 Å². The number of amides is 1. The second kappa shape index (κ2) is 9.81. The summed E-state index contributed by atoms with van der Waals surface area (Å²) in [6.45, 7) is 1.98. The van der Waals surface area contributed by atoms with Crippen molar-refractivity contribution >= 4 is 17.7 Å². The molecule has 0 fully saturated rings. The maximum Gasteiger partial charge on any atom is 0.252 e.